The molecule has 9 heteroatoms. The maximum absolute atomic E-state index is 13.1. The molecule has 2 heterocycles. The molecule has 5 rings (SSSR count). The van der Waals surface area contributed by atoms with Crippen LogP contribution in [0.15, 0.2) is 66.9 Å². The largest absolute Gasteiger partial charge is 0.346 e. The monoisotopic (exact) mass is 464 g/mol. The SMILES string of the molecule is O=CN(c1cc(-c2ccc(NS(=O)(=O)Cc3ccc(F)cc3)cc2)c2cc[nH]c2n1)C1CC1. The molecule has 0 atom stereocenters. The van der Waals surface area contributed by atoms with Crippen LogP contribution in [0.3, 0.4) is 0 Å². The summed E-state index contributed by atoms with van der Waals surface area (Å²) in [6.45, 7) is 0. The van der Waals surface area contributed by atoms with E-state index in [9.17, 15) is 17.6 Å². The molecule has 1 fully saturated rings. The molecule has 0 aliphatic heterocycles. The number of benzene rings is 2. The molecule has 0 unspecified atom stereocenters. The van der Waals surface area contributed by atoms with Gasteiger partial charge in [-0.15, -0.1) is 0 Å². The van der Waals surface area contributed by atoms with Gasteiger partial charge in [-0.05, 0) is 65.9 Å². The highest BCUT2D eigenvalue weighted by Crippen LogP contribution is 2.35. The number of aromatic amines is 1. The number of hydrogen-bond donors (Lipinski definition) is 2. The van der Waals surface area contributed by atoms with Gasteiger partial charge in [0.05, 0.1) is 5.75 Å². The minimum atomic E-state index is -3.66. The lowest BCUT2D eigenvalue weighted by Gasteiger charge is -2.17. The number of nitrogens with zero attached hydrogens (tertiary/aromatic N) is 2. The Bertz CT molecular complexity index is 1410. The summed E-state index contributed by atoms with van der Waals surface area (Å²) in [5.74, 6) is -0.0829. The minimum Gasteiger partial charge on any atom is -0.346 e. The number of rotatable bonds is 8. The fraction of sp³-hybridized carbons (Fsp3) is 0.167. The Morgan fingerprint density at radius 1 is 1.09 bits per heavy atom. The van der Waals surface area contributed by atoms with Crippen molar-refractivity contribution in [3.8, 4) is 11.1 Å². The highest BCUT2D eigenvalue weighted by molar-refractivity contribution is 7.91. The second kappa shape index (κ2) is 8.32. The van der Waals surface area contributed by atoms with E-state index >= 15 is 0 Å². The number of aromatic nitrogens is 2. The fourth-order valence-electron chi connectivity index (χ4n) is 3.81. The lowest BCUT2D eigenvalue weighted by Crippen LogP contribution is -2.24. The van der Waals surface area contributed by atoms with Gasteiger partial charge in [-0.2, -0.15) is 0 Å². The zero-order valence-corrected chi connectivity index (χ0v) is 18.3. The lowest BCUT2D eigenvalue weighted by atomic mass is 10.0. The summed E-state index contributed by atoms with van der Waals surface area (Å²) >= 11 is 0. The van der Waals surface area contributed by atoms with Crippen molar-refractivity contribution >= 4 is 39.0 Å². The third-order valence-electron chi connectivity index (χ3n) is 5.57. The summed E-state index contributed by atoms with van der Waals surface area (Å²) in [7, 11) is -3.66. The Kier molecular flexibility index (Phi) is 5.33. The van der Waals surface area contributed by atoms with Crippen molar-refractivity contribution in [1.82, 2.24) is 9.97 Å². The predicted octanol–water partition coefficient (Wildman–Crippen LogP) is 4.44. The molecule has 1 saturated carbocycles. The van der Waals surface area contributed by atoms with Crippen LogP contribution in [0.4, 0.5) is 15.9 Å². The summed E-state index contributed by atoms with van der Waals surface area (Å²) in [4.78, 5) is 21.0. The first-order valence-electron chi connectivity index (χ1n) is 10.5. The molecular formula is C24H21FN4O3S. The molecule has 0 bridgehead atoms. The van der Waals surface area contributed by atoms with Crippen LogP contribution in [0.1, 0.15) is 18.4 Å². The van der Waals surface area contributed by atoms with Crippen LogP contribution in [-0.4, -0.2) is 30.8 Å². The second-order valence-electron chi connectivity index (χ2n) is 8.08. The Balaban J connectivity index is 1.40. The summed E-state index contributed by atoms with van der Waals surface area (Å²) in [5, 5.41) is 0.907. The molecular weight excluding hydrogens is 443 g/mol. The highest BCUT2D eigenvalue weighted by Gasteiger charge is 2.30. The molecule has 4 aromatic rings. The molecule has 2 N–H and O–H groups in total. The number of nitrogens with one attached hydrogen (secondary N) is 2. The number of anilines is 2. The van der Waals surface area contributed by atoms with E-state index in [1.807, 2.05) is 24.3 Å². The first kappa shape index (κ1) is 21.1. The number of sulfonamides is 1. The van der Waals surface area contributed by atoms with E-state index < -0.39 is 15.8 Å². The first-order valence-corrected chi connectivity index (χ1v) is 12.1. The van der Waals surface area contributed by atoms with Gasteiger partial charge in [-0.3, -0.25) is 14.4 Å². The van der Waals surface area contributed by atoms with Gasteiger partial charge >= 0.3 is 0 Å². The molecule has 2 aromatic carbocycles. The van der Waals surface area contributed by atoms with Crippen molar-refractivity contribution in [2.45, 2.75) is 24.6 Å². The normalized spacial score (nSPS) is 13.7. The summed E-state index contributed by atoms with van der Waals surface area (Å²) < 4.78 is 40.7. The van der Waals surface area contributed by atoms with E-state index in [1.165, 1.54) is 24.3 Å². The number of carbonyl (C=O) groups excluding carboxylic acids is 1. The smallest absolute Gasteiger partial charge is 0.236 e. The van der Waals surface area contributed by atoms with Crippen LogP contribution in [0.25, 0.3) is 22.2 Å². The van der Waals surface area contributed by atoms with Crippen molar-refractivity contribution in [1.29, 1.82) is 0 Å². The van der Waals surface area contributed by atoms with E-state index in [2.05, 4.69) is 14.7 Å². The van der Waals surface area contributed by atoms with E-state index in [0.717, 1.165) is 35.8 Å². The second-order valence-corrected chi connectivity index (χ2v) is 9.80. The van der Waals surface area contributed by atoms with Crippen LogP contribution in [0.5, 0.6) is 0 Å². The summed E-state index contributed by atoms with van der Waals surface area (Å²) in [6.07, 6.45) is 4.54. The zero-order valence-electron chi connectivity index (χ0n) is 17.5. The Morgan fingerprint density at radius 3 is 2.48 bits per heavy atom. The molecule has 0 spiro atoms. The number of carbonyl (C=O) groups is 1. The predicted molar refractivity (Wildman–Crippen MR) is 126 cm³/mol. The van der Waals surface area contributed by atoms with Gasteiger partial charge in [-0.1, -0.05) is 24.3 Å². The van der Waals surface area contributed by atoms with Gasteiger partial charge in [0.2, 0.25) is 16.4 Å². The van der Waals surface area contributed by atoms with Gasteiger partial charge < -0.3 is 4.98 Å². The molecule has 2 aromatic heterocycles. The number of amides is 1. The fourth-order valence-corrected chi connectivity index (χ4v) is 5.01. The van der Waals surface area contributed by atoms with E-state index in [-0.39, 0.29) is 11.8 Å². The molecule has 1 aliphatic carbocycles. The van der Waals surface area contributed by atoms with Crippen LogP contribution in [0, 0.1) is 5.82 Å². The molecule has 33 heavy (non-hydrogen) atoms. The minimum absolute atomic E-state index is 0.188. The average Bonchev–Trinajstić information content (AvgIpc) is 3.51. The van der Waals surface area contributed by atoms with Crippen molar-refractivity contribution in [2.24, 2.45) is 0 Å². The van der Waals surface area contributed by atoms with Crippen LogP contribution < -0.4 is 9.62 Å². The summed E-state index contributed by atoms with van der Waals surface area (Å²) in [6, 6.07) is 16.4. The number of fused-ring (bicyclic) bond motifs is 1. The third-order valence-corrected chi connectivity index (χ3v) is 6.83. The van der Waals surface area contributed by atoms with Crippen molar-refractivity contribution < 1.29 is 17.6 Å². The van der Waals surface area contributed by atoms with E-state index in [4.69, 9.17) is 0 Å². The van der Waals surface area contributed by atoms with Crippen LogP contribution in [0.2, 0.25) is 0 Å². The molecule has 168 valence electrons. The zero-order chi connectivity index (χ0) is 23.0. The highest BCUT2D eigenvalue weighted by atomic mass is 32.2. The average molecular weight is 465 g/mol. The molecule has 0 radical (unpaired) electrons. The van der Waals surface area contributed by atoms with Gasteiger partial charge in [0, 0.05) is 23.3 Å². The Labute approximate surface area is 190 Å². The molecule has 1 aliphatic rings. The van der Waals surface area contributed by atoms with Gasteiger partial charge in [0.25, 0.3) is 0 Å². The van der Waals surface area contributed by atoms with E-state index in [1.54, 1.807) is 23.2 Å². The van der Waals surface area contributed by atoms with Crippen LogP contribution in [-0.2, 0) is 20.6 Å². The number of H-pyrrole nitrogens is 1. The summed E-state index contributed by atoms with van der Waals surface area (Å²) in [5.41, 5.74) is 3.36. The van der Waals surface area contributed by atoms with Crippen molar-refractivity contribution in [3.63, 3.8) is 0 Å². The van der Waals surface area contributed by atoms with Crippen molar-refractivity contribution in [2.75, 3.05) is 9.62 Å². The first-order chi connectivity index (χ1) is 15.9. The van der Waals surface area contributed by atoms with Crippen LogP contribution >= 0.6 is 0 Å². The van der Waals surface area contributed by atoms with Gasteiger partial charge in [-0.25, -0.2) is 17.8 Å². The number of pyridine rings is 1. The standard InChI is InChI=1S/C24H21FN4O3S/c25-18-5-1-16(2-6-18)14-33(31,32)28-19-7-3-17(4-8-19)22-13-23(29(15-30)20-9-10-20)27-24-21(22)11-12-26-24/h1-8,11-13,15,20,28H,9-10,14H2,(H,26,27). The topological polar surface area (TPSA) is 95.2 Å². The maximum Gasteiger partial charge on any atom is 0.236 e. The van der Waals surface area contributed by atoms with Crippen molar-refractivity contribution in [3.05, 3.63) is 78.2 Å². The third kappa shape index (κ3) is 4.58. The number of hydrogen-bond acceptors (Lipinski definition) is 4. The van der Waals surface area contributed by atoms with Gasteiger partial charge in [0.15, 0.2) is 0 Å². The van der Waals surface area contributed by atoms with E-state index in [0.29, 0.717) is 22.7 Å². The quantitative estimate of drug-likeness (QED) is 0.377. The molecule has 0 saturated heterocycles. The molecule has 7 nitrogen and oxygen atoms in total. The maximum atomic E-state index is 13.1. The van der Waals surface area contributed by atoms with Gasteiger partial charge in [0.1, 0.15) is 17.3 Å². The molecule has 1 amide bonds. The number of halogens is 1. The Morgan fingerprint density at radius 2 is 1.82 bits per heavy atom. The lowest BCUT2D eigenvalue weighted by molar-refractivity contribution is -0.107. The Hall–Kier alpha value is -3.72.